The lowest BCUT2D eigenvalue weighted by molar-refractivity contribution is -0.118. The first kappa shape index (κ1) is 22.4. The quantitative estimate of drug-likeness (QED) is 0.686. The normalized spacial score (nSPS) is 12.3. The Morgan fingerprint density at radius 2 is 1.76 bits per heavy atom. The van der Waals surface area contributed by atoms with E-state index in [0.717, 1.165) is 6.26 Å². The molecule has 0 spiro atoms. The van der Waals surface area contributed by atoms with Crippen LogP contribution in [0, 0.1) is 5.92 Å². The Labute approximate surface area is 171 Å². The predicted octanol–water partition coefficient (Wildman–Crippen LogP) is 2.88. The van der Waals surface area contributed by atoms with Crippen molar-refractivity contribution >= 4 is 27.3 Å². The van der Waals surface area contributed by atoms with Crippen molar-refractivity contribution in [2.75, 3.05) is 18.2 Å². The van der Waals surface area contributed by atoms with Gasteiger partial charge in [0.1, 0.15) is 11.8 Å². The minimum absolute atomic E-state index is 0.103. The van der Waals surface area contributed by atoms with Crippen molar-refractivity contribution in [3.8, 4) is 5.75 Å². The van der Waals surface area contributed by atoms with Crippen molar-refractivity contribution in [3.05, 3.63) is 54.1 Å². The van der Waals surface area contributed by atoms with Crippen LogP contribution in [0.2, 0.25) is 0 Å². The van der Waals surface area contributed by atoms with Gasteiger partial charge in [0.2, 0.25) is 5.91 Å². The molecule has 2 rings (SSSR count). The number of ether oxygens (including phenoxy) is 1. The summed E-state index contributed by atoms with van der Waals surface area (Å²) in [6.45, 7) is 5.86. The Balaban J connectivity index is 2.20. The van der Waals surface area contributed by atoms with Crippen LogP contribution >= 0.6 is 0 Å². The van der Waals surface area contributed by atoms with E-state index in [9.17, 15) is 18.0 Å². The molecule has 0 aliphatic rings. The summed E-state index contributed by atoms with van der Waals surface area (Å²) in [5.74, 6) is -0.617. The van der Waals surface area contributed by atoms with Crippen molar-refractivity contribution in [2.45, 2.75) is 31.7 Å². The van der Waals surface area contributed by atoms with E-state index in [1.54, 1.807) is 36.4 Å². The van der Waals surface area contributed by atoms with E-state index in [4.69, 9.17) is 4.74 Å². The van der Waals surface area contributed by atoms with E-state index >= 15 is 0 Å². The third kappa shape index (κ3) is 6.05. The maximum Gasteiger partial charge on any atom is 0.255 e. The second-order valence-corrected chi connectivity index (χ2v) is 8.93. The van der Waals surface area contributed by atoms with Crippen LogP contribution in [0.5, 0.6) is 5.75 Å². The van der Waals surface area contributed by atoms with Crippen LogP contribution in [0.15, 0.2) is 53.4 Å². The lowest BCUT2D eigenvalue weighted by Crippen LogP contribution is -2.47. The summed E-state index contributed by atoms with van der Waals surface area (Å²) >= 11 is 0. The van der Waals surface area contributed by atoms with Gasteiger partial charge >= 0.3 is 0 Å². The van der Waals surface area contributed by atoms with Gasteiger partial charge in [-0.15, -0.1) is 0 Å². The minimum atomic E-state index is -3.40. The van der Waals surface area contributed by atoms with Crippen molar-refractivity contribution in [2.24, 2.45) is 5.92 Å². The van der Waals surface area contributed by atoms with Gasteiger partial charge in [0.15, 0.2) is 9.84 Å². The largest absolute Gasteiger partial charge is 0.493 e. The third-order valence-corrected chi connectivity index (χ3v) is 5.31. The van der Waals surface area contributed by atoms with Crippen LogP contribution in [0.3, 0.4) is 0 Å². The molecule has 7 nitrogen and oxygen atoms in total. The molecule has 29 heavy (non-hydrogen) atoms. The van der Waals surface area contributed by atoms with E-state index in [2.05, 4.69) is 10.6 Å². The topological polar surface area (TPSA) is 102 Å². The van der Waals surface area contributed by atoms with Crippen molar-refractivity contribution < 1.29 is 22.7 Å². The van der Waals surface area contributed by atoms with Crippen LogP contribution in [0.25, 0.3) is 0 Å². The molecule has 156 valence electrons. The van der Waals surface area contributed by atoms with Crippen molar-refractivity contribution in [1.82, 2.24) is 5.32 Å². The maximum absolute atomic E-state index is 12.8. The average molecular weight is 419 g/mol. The van der Waals surface area contributed by atoms with Crippen LogP contribution in [-0.4, -0.2) is 39.1 Å². The Hall–Kier alpha value is -2.87. The van der Waals surface area contributed by atoms with Gasteiger partial charge in [-0.25, -0.2) is 8.42 Å². The number of benzene rings is 2. The number of para-hydroxylation sites is 1. The molecule has 0 heterocycles. The second kappa shape index (κ2) is 9.56. The molecule has 0 saturated carbocycles. The van der Waals surface area contributed by atoms with E-state index in [1.807, 2.05) is 20.8 Å². The molecule has 1 atom stereocenters. The van der Waals surface area contributed by atoms with E-state index < -0.39 is 27.7 Å². The van der Waals surface area contributed by atoms with Crippen LogP contribution in [-0.2, 0) is 14.6 Å². The van der Waals surface area contributed by atoms with E-state index in [0.29, 0.717) is 23.6 Å². The number of anilines is 1. The van der Waals surface area contributed by atoms with Crippen molar-refractivity contribution in [1.29, 1.82) is 0 Å². The molecule has 2 aromatic rings. The monoisotopic (exact) mass is 418 g/mol. The Kier molecular flexibility index (Phi) is 7.39. The molecule has 0 aliphatic carbocycles. The van der Waals surface area contributed by atoms with Gasteiger partial charge in [-0.2, -0.15) is 0 Å². The van der Waals surface area contributed by atoms with E-state index in [1.165, 1.54) is 12.1 Å². The first-order chi connectivity index (χ1) is 13.6. The molecule has 0 aliphatic heterocycles. The summed E-state index contributed by atoms with van der Waals surface area (Å²) in [7, 11) is -3.40. The first-order valence-corrected chi connectivity index (χ1v) is 11.2. The fraction of sp³-hybridized carbons (Fsp3) is 0.333. The van der Waals surface area contributed by atoms with Gasteiger partial charge < -0.3 is 15.4 Å². The zero-order valence-electron chi connectivity index (χ0n) is 16.9. The molecule has 0 unspecified atom stereocenters. The summed E-state index contributed by atoms with van der Waals surface area (Å²) in [4.78, 5) is 25.6. The summed E-state index contributed by atoms with van der Waals surface area (Å²) in [6, 6.07) is 12.0. The van der Waals surface area contributed by atoms with Gasteiger partial charge in [-0.05, 0) is 43.2 Å². The zero-order valence-corrected chi connectivity index (χ0v) is 17.7. The van der Waals surface area contributed by atoms with E-state index in [-0.39, 0.29) is 10.8 Å². The number of hydrogen-bond donors (Lipinski definition) is 2. The number of sulfone groups is 1. The lowest BCUT2D eigenvalue weighted by atomic mass is 10.0. The highest BCUT2D eigenvalue weighted by Gasteiger charge is 2.26. The fourth-order valence-electron chi connectivity index (χ4n) is 2.71. The van der Waals surface area contributed by atoms with Crippen molar-refractivity contribution in [3.63, 3.8) is 0 Å². The molecule has 2 amide bonds. The molecule has 8 heteroatoms. The highest BCUT2D eigenvalue weighted by Crippen LogP contribution is 2.19. The van der Waals surface area contributed by atoms with Gasteiger partial charge in [0.05, 0.1) is 17.1 Å². The van der Waals surface area contributed by atoms with Crippen LogP contribution in [0.1, 0.15) is 31.1 Å². The Morgan fingerprint density at radius 1 is 1.07 bits per heavy atom. The Bertz CT molecular complexity index is 986. The standard InChI is InChI=1S/C21H26N2O5S/c1-5-28-18-12-7-6-11-17(18)20(24)23-19(14(2)3)21(25)22-15-9-8-10-16(13-15)29(4,26)27/h6-14,19H,5H2,1-4H3,(H,22,25)(H,23,24)/t19-/m0/s1. The highest BCUT2D eigenvalue weighted by molar-refractivity contribution is 7.90. The number of nitrogens with one attached hydrogen (secondary N) is 2. The van der Waals surface area contributed by atoms with Gasteiger partial charge in [0, 0.05) is 11.9 Å². The SMILES string of the molecule is CCOc1ccccc1C(=O)N[C@H](C(=O)Nc1cccc(S(C)(=O)=O)c1)C(C)C. The molecule has 0 fully saturated rings. The first-order valence-electron chi connectivity index (χ1n) is 9.27. The fourth-order valence-corrected chi connectivity index (χ4v) is 3.38. The molecule has 0 aromatic heterocycles. The zero-order chi connectivity index (χ0) is 21.6. The number of amides is 2. The van der Waals surface area contributed by atoms with Crippen LogP contribution in [0.4, 0.5) is 5.69 Å². The second-order valence-electron chi connectivity index (χ2n) is 6.91. The smallest absolute Gasteiger partial charge is 0.255 e. The molecule has 2 aromatic carbocycles. The average Bonchev–Trinajstić information content (AvgIpc) is 2.65. The minimum Gasteiger partial charge on any atom is -0.493 e. The number of hydrogen-bond acceptors (Lipinski definition) is 5. The summed E-state index contributed by atoms with van der Waals surface area (Å²) < 4.78 is 28.9. The maximum atomic E-state index is 12.8. The summed E-state index contributed by atoms with van der Waals surface area (Å²) in [5.41, 5.74) is 0.680. The van der Waals surface area contributed by atoms with Gasteiger partial charge in [-0.1, -0.05) is 32.0 Å². The summed E-state index contributed by atoms with van der Waals surface area (Å²) in [6.07, 6.45) is 1.10. The molecular weight excluding hydrogens is 392 g/mol. The molecular formula is C21H26N2O5S. The third-order valence-electron chi connectivity index (χ3n) is 4.20. The molecule has 0 radical (unpaired) electrons. The Morgan fingerprint density at radius 3 is 2.38 bits per heavy atom. The summed E-state index contributed by atoms with van der Waals surface area (Å²) in [5, 5.41) is 5.43. The number of rotatable bonds is 8. The van der Waals surface area contributed by atoms with Gasteiger partial charge in [0.25, 0.3) is 5.91 Å². The van der Waals surface area contributed by atoms with Crippen LogP contribution < -0.4 is 15.4 Å². The number of carbonyl (C=O) groups is 2. The molecule has 0 saturated heterocycles. The van der Waals surface area contributed by atoms with Gasteiger partial charge in [-0.3, -0.25) is 9.59 Å². The molecule has 0 bridgehead atoms. The predicted molar refractivity (Wildman–Crippen MR) is 112 cm³/mol. The number of carbonyl (C=O) groups excluding carboxylic acids is 2. The highest BCUT2D eigenvalue weighted by atomic mass is 32.2. The molecule has 2 N–H and O–H groups in total. The lowest BCUT2D eigenvalue weighted by Gasteiger charge is -2.22.